The third kappa shape index (κ3) is 8.39. The van der Waals surface area contributed by atoms with Gasteiger partial charge in [0.2, 0.25) is 5.91 Å². The van der Waals surface area contributed by atoms with Crippen LogP contribution < -0.4 is 10.6 Å². The Morgan fingerprint density at radius 1 is 1.23 bits per heavy atom. The highest BCUT2D eigenvalue weighted by atomic mass is 127. The number of nitrogens with zero attached hydrogens (tertiary/aromatic N) is 3. The predicted molar refractivity (Wildman–Crippen MR) is 131 cm³/mol. The molecule has 2 aliphatic rings. The molecule has 2 N–H and O–H groups in total. The summed E-state index contributed by atoms with van der Waals surface area (Å²) in [7, 11) is 3.51. The van der Waals surface area contributed by atoms with Gasteiger partial charge in [0, 0.05) is 46.4 Å². The Labute approximate surface area is 197 Å². The molecule has 0 aromatic heterocycles. The lowest BCUT2D eigenvalue weighted by Crippen LogP contribution is -2.52. The van der Waals surface area contributed by atoms with Crippen LogP contribution in [0.1, 0.15) is 31.2 Å². The largest absolute Gasteiger partial charge is 0.376 e. The van der Waals surface area contributed by atoms with Gasteiger partial charge in [-0.1, -0.05) is 30.3 Å². The molecule has 1 amide bonds. The van der Waals surface area contributed by atoms with Gasteiger partial charge in [0.15, 0.2) is 5.96 Å². The highest BCUT2D eigenvalue weighted by molar-refractivity contribution is 14.0. The first kappa shape index (κ1) is 24.9. The molecule has 2 heterocycles. The number of benzene rings is 1. The molecule has 30 heavy (non-hydrogen) atoms. The Hall–Kier alpha value is -1.39. The molecule has 2 atom stereocenters. The van der Waals surface area contributed by atoms with Gasteiger partial charge in [-0.25, -0.2) is 4.99 Å². The lowest BCUT2D eigenvalue weighted by molar-refractivity contribution is -0.127. The molecule has 2 unspecified atom stereocenters. The van der Waals surface area contributed by atoms with E-state index in [1.54, 1.807) is 19.0 Å². The molecule has 0 radical (unpaired) electrons. The van der Waals surface area contributed by atoms with Crippen molar-refractivity contribution in [1.29, 1.82) is 0 Å². The van der Waals surface area contributed by atoms with E-state index in [0.717, 1.165) is 58.5 Å². The highest BCUT2D eigenvalue weighted by Gasteiger charge is 2.22. The number of aliphatic imine (C=N–C) groups is 1. The standard InChI is InChI=1S/C22H35N5O2.HI/c1-26(2)21(28)15-24-22(23-14-20-11-7-13-29-20)25-19-10-6-12-27(17-19)16-18-8-4-3-5-9-18;/h3-5,8-9,19-20H,6-7,10-17H2,1-2H3,(H2,23,24,25);1H. The van der Waals surface area contributed by atoms with Gasteiger partial charge < -0.3 is 20.3 Å². The minimum absolute atomic E-state index is 0. The Bertz CT molecular complexity index is 665. The molecule has 168 valence electrons. The zero-order valence-electron chi connectivity index (χ0n) is 18.2. The third-order valence-corrected chi connectivity index (χ3v) is 5.49. The summed E-state index contributed by atoms with van der Waals surface area (Å²) >= 11 is 0. The van der Waals surface area contributed by atoms with E-state index in [-0.39, 0.29) is 42.5 Å². The number of amides is 1. The van der Waals surface area contributed by atoms with Crippen LogP contribution in [0.15, 0.2) is 35.3 Å². The van der Waals surface area contributed by atoms with Gasteiger partial charge in [-0.3, -0.25) is 9.69 Å². The number of guanidine groups is 1. The molecule has 0 spiro atoms. The maximum Gasteiger partial charge on any atom is 0.243 e. The number of piperidine rings is 1. The zero-order chi connectivity index (χ0) is 20.5. The fraction of sp³-hybridized carbons (Fsp3) is 0.636. The summed E-state index contributed by atoms with van der Waals surface area (Å²) in [6.07, 6.45) is 4.67. The normalized spacial score (nSPS) is 22.3. The number of likely N-dealkylation sites (N-methyl/N-ethyl adjacent to an activating group) is 1. The van der Waals surface area contributed by atoms with Gasteiger partial charge >= 0.3 is 0 Å². The van der Waals surface area contributed by atoms with Crippen LogP contribution in [0.3, 0.4) is 0 Å². The van der Waals surface area contributed by atoms with Crippen molar-refractivity contribution in [2.24, 2.45) is 4.99 Å². The minimum Gasteiger partial charge on any atom is -0.376 e. The summed E-state index contributed by atoms with van der Waals surface area (Å²) in [6.45, 7) is 4.76. The van der Waals surface area contributed by atoms with Gasteiger partial charge in [0.1, 0.15) is 6.54 Å². The number of halogens is 1. The number of likely N-dealkylation sites (tertiary alicyclic amines) is 1. The summed E-state index contributed by atoms with van der Waals surface area (Å²) in [5, 5.41) is 6.95. The monoisotopic (exact) mass is 529 g/mol. The number of carbonyl (C=O) groups is 1. The predicted octanol–water partition coefficient (Wildman–Crippen LogP) is 2.07. The lowest BCUT2D eigenvalue weighted by atomic mass is 10.0. The van der Waals surface area contributed by atoms with Gasteiger partial charge in [-0.05, 0) is 37.8 Å². The maximum absolute atomic E-state index is 12.0. The van der Waals surface area contributed by atoms with Gasteiger partial charge in [-0.15, -0.1) is 24.0 Å². The van der Waals surface area contributed by atoms with Crippen LogP contribution in [0.5, 0.6) is 0 Å². The second kappa shape index (κ2) is 13.1. The van der Waals surface area contributed by atoms with Crippen LogP contribution in [-0.4, -0.2) is 80.7 Å². The van der Waals surface area contributed by atoms with Crippen molar-refractivity contribution in [3.63, 3.8) is 0 Å². The van der Waals surface area contributed by atoms with Crippen molar-refractivity contribution in [1.82, 2.24) is 20.4 Å². The molecule has 1 aromatic carbocycles. The first-order valence-electron chi connectivity index (χ1n) is 10.7. The fourth-order valence-electron chi connectivity index (χ4n) is 3.81. The first-order valence-corrected chi connectivity index (χ1v) is 10.7. The van der Waals surface area contributed by atoms with Crippen molar-refractivity contribution in [2.75, 3.05) is 46.9 Å². The number of hydrogen-bond acceptors (Lipinski definition) is 4. The van der Waals surface area contributed by atoms with Gasteiger partial charge in [0.05, 0.1) is 6.10 Å². The molecule has 3 rings (SSSR count). The topological polar surface area (TPSA) is 69.2 Å². The van der Waals surface area contributed by atoms with E-state index < -0.39 is 0 Å². The molecular weight excluding hydrogens is 493 g/mol. The number of hydrogen-bond donors (Lipinski definition) is 2. The van der Waals surface area contributed by atoms with E-state index in [9.17, 15) is 4.79 Å². The Morgan fingerprint density at radius 3 is 2.73 bits per heavy atom. The van der Waals surface area contributed by atoms with Crippen LogP contribution in [0.4, 0.5) is 0 Å². The van der Waals surface area contributed by atoms with Crippen LogP contribution in [0.2, 0.25) is 0 Å². The molecule has 0 aliphatic carbocycles. The molecular formula is C22H36IN5O2. The molecule has 7 nitrogen and oxygen atoms in total. The van der Waals surface area contributed by atoms with E-state index in [0.29, 0.717) is 12.0 Å². The van der Waals surface area contributed by atoms with E-state index in [4.69, 9.17) is 4.74 Å². The average Bonchev–Trinajstić information content (AvgIpc) is 3.24. The van der Waals surface area contributed by atoms with Crippen LogP contribution >= 0.6 is 24.0 Å². The third-order valence-electron chi connectivity index (χ3n) is 5.49. The second-order valence-corrected chi connectivity index (χ2v) is 8.17. The Morgan fingerprint density at radius 2 is 2.03 bits per heavy atom. The summed E-state index contributed by atoms with van der Waals surface area (Å²) in [5.41, 5.74) is 1.34. The number of rotatable bonds is 7. The second-order valence-electron chi connectivity index (χ2n) is 8.17. The van der Waals surface area contributed by atoms with E-state index in [2.05, 4.69) is 50.9 Å². The maximum atomic E-state index is 12.0. The van der Waals surface area contributed by atoms with Crippen molar-refractivity contribution < 1.29 is 9.53 Å². The summed E-state index contributed by atoms with van der Waals surface area (Å²) in [5.74, 6) is 0.708. The Balaban J connectivity index is 0.00000320. The van der Waals surface area contributed by atoms with Crippen LogP contribution in [0, 0.1) is 0 Å². The fourth-order valence-corrected chi connectivity index (χ4v) is 3.81. The number of ether oxygens (including phenoxy) is 1. The average molecular weight is 529 g/mol. The first-order chi connectivity index (χ1) is 14.1. The SMILES string of the molecule is CN(C)C(=O)CN=C(NCC1CCCO1)NC1CCCN(Cc2ccccc2)C1.I. The molecule has 1 aromatic rings. The van der Waals surface area contributed by atoms with Crippen molar-refractivity contribution in [3.8, 4) is 0 Å². The van der Waals surface area contributed by atoms with Gasteiger partial charge in [-0.2, -0.15) is 0 Å². The quantitative estimate of drug-likeness (QED) is 0.322. The molecule has 0 bridgehead atoms. The summed E-state index contributed by atoms with van der Waals surface area (Å²) in [4.78, 5) is 20.6. The van der Waals surface area contributed by atoms with Crippen molar-refractivity contribution in [2.45, 2.75) is 44.4 Å². The number of carbonyl (C=O) groups excluding carboxylic acids is 1. The molecule has 2 saturated heterocycles. The van der Waals surface area contributed by atoms with Crippen molar-refractivity contribution >= 4 is 35.8 Å². The van der Waals surface area contributed by atoms with E-state index >= 15 is 0 Å². The van der Waals surface area contributed by atoms with Crippen molar-refractivity contribution in [3.05, 3.63) is 35.9 Å². The molecule has 2 fully saturated rings. The smallest absolute Gasteiger partial charge is 0.243 e. The lowest BCUT2D eigenvalue weighted by Gasteiger charge is -2.34. The van der Waals surface area contributed by atoms with Gasteiger partial charge in [0.25, 0.3) is 0 Å². The van der Waals surface area contributed by atoms with Crippen LogP contribution in [0.25, 0.3) is 0 Å². The zero-order valence-corrected chi connectivity index (χ0v) is 20.5. The minimum atomic E-state index is -0.00225. The Kier molecular flexibility index (Phi) is 10.9. The van der Waals surface area contributed by atoms with E-state index in [1.165, 1.54) is 5.56 Å². The highest BCUT2D eigenvalue weighted by Crippen LogP contribution is 2.14. The molecule has 2 aliphatic heterocycles. The van der Waals surface area contributed by atoms with E-state index in [1.807, 2.05) is 0 Å². The van der Waals surface area contributed by atoms with Crippen LogP contribution in [-0.2, 0) is 16.1 Å². The molecule has 8 heteroatoms. The summed E-state index contributed by atoms with van der Waals surface area (Å²) < 4.78 is 5.71. The number of nitrogens with one attached hydrogen (secondary N) is 2. The molecule has 0 saturated carbocycles. The summed E-state index contributed by atoms with van der Waals surface area (Å²) in [6, 6.07) is 10.9.